The second-order valence-corrected chi connectivity index (χ2v) is 6.90. The smallest absolute Gasteiger partial charge is 0.263 e. The molecular formula is C19H16ClN5O4. The zero-order valence-electron chi connectivity index (χ0n) is 15.3. The SMILES string of the molecule is COc1cccc(NC(=O)CN2N=N[C@@H]3C(=O)N(c4cccc(Cl)c4)C(=O)[C@@H]32)c1. The first kappa shape index (κ1) is 18.9. The number of amides is 3. The maximum Gasteiger partial charge on any atom is 0.263 e. The molecule has 1 fully saturated rings. The Balaban J connectivity index is 1.48. The normalized spacial score (nSPS) is 20.2. The van der Waals surface area contributed by atoms with Crippen molar-refractivity contribution >= 4 is 40.7 Å². The number of halogens is 1. The predicted octanol–water partition coefficient (Wildman–Crippen LogP) is 2.28. The van der Waals surface area contributed by atoms with Crippen LogP contribution in [0, 0.1) is 0 Å². The third-order valence-corrected chi connectivity index (χ3v) is 4.82. The van der Waals surface area contributed by atoms with Crippen LogP contribution >= 0.6 is 11.6 Å². The van der Waals surface area contributed by atoms with Gasteiger partial charge in [0.05, 0.1) is 12.8 Å². The summed E-state index contributed by atoms with van der Waals surface area (Å²) in [5.74, 6) is -0.806. The van der Waals surface area contributed by atoms with E-state index in [-0.39, 0.29) is 6.54 Å². The summed E-state index contributed by atoms with van der Waals surface area (Å²) in [5, 5.41) is 12.1. The van der Waals surface area contributed by atoms with E-state index in [0.717, 1.165) is 4.90 Å². The maximum atomic E-state index is 12.9. The number of rotatable bonds is 5. The molecule has 0 radical (unpaired) electrons. The molecule has 0 unspecified atom stereocenters. The highest BCUT2D eigenvalue weighted by Gasteiger charge is 2.55. The van der Waals surface area contributed by atoms with E-state index in [1.54, 1.807) is 42.5 Å². The minimum atomic E-state index is -0.980. The third-order valence-electron chi connectivity index (χ3n) is 4.58. The van der Waals surface area contributed by atoms with Gasteiger partial charge in [0.2, 0.25) is 5.91 Å². The van der Waals surface area contributed by atoms with Gasteiger partial charge in [0.25, 0.3) is 11.8 Å². The summed E-state index contributed by atoms with van der Waals surface area (Å²) in [6.07, 6.45) is 0. The molecule has 0 bridgehead atoms. The van der Waals surface area contributed by atoms with Crippen LogP contribution in [0.4, 0.5) is 11.4 Å². The number of nitrogens with zero attached hydrogens (tertiary/aromatic N) is 4. The molecule has 2 aromatic rings. The number of nitrogens with one attached hydrogen (secondary N) is 1. The standard InChI is InChI=1S/C19H16ClN5O4/c1-29-14-7-3-5-12(9-14)21-15(26)10-24-17-16(22-23-24)18(27)25(19(17)28)13-6-2-4-11(20)8-13/h2-9,16-17H,10H2,1H3,(H,21,26)/t16-,17+/m0/s1. The van der Waals surface area contributed by atoms with Gasteiger partial charge >= 0.3 is 0 Å². The van der Waals surface area contributed by atoms with Gasteiger partial charge in [-0.1, -0.05) is 29.0 Å². The van der Waals surface area contributed by atoms with Crippen molar-refractivity contribution in [2.75, 3.05) is 23.9 Å². The monoisotopic (exact) mass is 413 g/mol. The maximum absolute atomic E-state index is 12.9. The van der Waals surface area contributed by atoms with Crippen molar-refractivity contribution in [1.29, 1.82) is 0 Å². The number of carbonyl (C=O) groups is 3. The number of ether oxygens (including phenoxy) is 1. The van der Waals surface area contributed by atoms with Gasteiger partial charge in [-0.2, -0.15) is 5.11 Å². The number of hydrogen-bond acceptors (Lipinski definition) is 7. The van der Waals surface area contributed by atoms with E-state index in [2.05, 4.69) is 15.7 Å². The molecule has 2 aliphatic heterocycles. The van der Waals surface area contributed by atoms with Crippen LogP contribution in [0.5, 0.6) is 5.75 Å². The van der Waals surface area contributed by atoms with Gasteiger partial charge in [-0.3, -0.25) is 19.4 Å². The van der Waals surface area contributed by atoms with Crippen molar-refractivity contribution in [3.05, 3.63) is 53.6 Å². The second kappa shape index (κ2) is 7.51. The van der Waals surface area contributed by atoms with E-state index in [0.29, 0.717) is 22.1 Å². The minimum Gasteiger partial charge on any atom is -0.497 e. The summed E-state index contributed by atoms with van der Waals surface area (Å²) >= 11 is 5.97. The molecule has 2 heterocycles. The number of anilines is 2. The summed E-state index contributed by atoms with van der Waals surface area (Å²) < 4.78 is 5.12. The molecule has 1 saturated heterocycles. The molecule has 0 saturated carbocycles. The molecular weight excluding hydrogens is 398 g/mol. The molecule has 9 nitrogen and oxygen atoms in total. The second-order valence-electron chi connectivity index (χ2n) is 6.46. The van der Waals surface area contributed by atoms with Crippen LogP contribution in [0.2, 0.25) is 5.02 Å². The van der Waals surface area contributed by atoms with Gasteiger partial charge < -0.3 is 10.1 Å². The third kappa shape index (κ3) is 3.52. The number of benzene rings is 2. The van der Waals surface area contributed by atoms with E-state index < -0.39 is 29.8 Å². The van der Waals surface area contributed by atoms with Crippen molar-refractivity contribution in [2.45, 2.75) is 12.1 Å². The van der Waals surface area contributed by atoms with Gasteiger partial charge in [-0.05, 0) is 30.3 Å². The van der Waals surface area contributed by atoms with E-state index in [9.17, 15) is 14.4 Å². The fourth-order valence-electron chi connectivity index (χ4n) is 3.27. The van der Waals surface area contributed by atoms with Crippen LogP contribution in [0.25, 0.3) is 0 Å². The van der Waals surface area contributed by atoms with Gasteiger partial charge in [0.1, 0.15) is 12.3 Å². The van der Waals surface area contributed by atoms with Crippen LogP contribution in [0.3, 0.4) is 0 Å². The Bertz CT molecular complexity index is 1030. The van der Waals surface area contributed by atoms with E-state index >= 15 is 0 Å². The average molecular weight is 414 g/mol. The van der Waals surface area contributed by atoms with Crippen molar-refractivity contribution < 1.29 is 19.1 Å². The number of methoxy groups -OCH3 is 1. The summed E-state index contributed by atoms with van der Waals surface area (Å²) in [6, 6.07) is 11.3. The van der Waals surface area contributed by atoms with Crippen LogP contribution in [0.1, 0.15) is 0 Å². The lowest BCUT2D eigenvalue weighted by Gasteiger charge is -2.20. The molecule has 3 amide bonds. The molecule has 2 aliphatic rings. The van der Waals surface area contributed by atoms with Crippen LogP contribution in [0.15, 0.2) is 58.9 Å². The summed E-state index contributed by atoms with van der Waals surface area (Å²) in [6.45, 7) is -0.232. The van der Waals surface area contributed by atoms with Crippen LogP contribution < -0.4 is 15.0 Å². The van der Waals surface area contributed by atoms with Crippen LogP contribution in [-0.4, -0.2) is 48.5 Å². The van der Waals surface area contributed by atoms with E-state index in [4.69, 9.17) is 16.3 Å². The van der Waals surface area contributed by atoms with E-state index in [1.165, 1.54) is 18.2 Å². The summed E-state index contributed by atoms with van der Waals surface area (Å²) in [5.41, 5.74) is 0.897. The first-order chi connectivity index (χ1) is 14.0. The van der Waals surface area contributed by atoms with Crippen molar-refractivity contribution in [3.8, 4) is 5.75 Å². The first-order valence-electron chi connectivity index (χ1n) is 8.72. The number of fused-ring (bicyclic) bond motifs is 1. The summed E-state index contributed by atoms with van der Waals surface area (Å²) in [7, 11) is 1.53. The number of carbonyl (C=O) groups excluding carboxylic acids is 3. The van der Waals surface area contributed by atoms with Gasteiger partial charge in [0, 0.05) is 16.8 Å². The largest absolute Gasteiger partial charge is 0.497 e. The van der Waals surface area contributed by atoms with Crippen molar-refractivity contribution in [1.82, 2.24) is 5.01 Å². The first-order valence-corrected chi connectivity index (χ1v) is 9.10. The summed E-state index contributed by atoms with van der Waals surface area (Å²) in [4.78, 5) is 39.0. The average Bonchev–Trinajstić information content (AvgIpc) is 3.21. The lowest BCUT2D eigenvalue weighted by Crippen LogP contribution is -2.43. The fourth-order valence-corrected chi connectivity index (χ4v) is 3.46. The Morgan fingerprint density at radius 1 is 1.17 bits per heavy atom. The highest BCUT2D eigenvalue weighted by molar-refractivity contribution is 6.31. The highest BCUT2D eigenvalue weighted by atomic mass is 35.5. The van der Waals surface area contributed by atoms with E-state index in [1.807, 2.05) is 0 Å². The molecule has 4 rings (SSSR count). The highest BCUT2D eigenvalue weighted by Crippen LogP contribution is 2.32. The molecule has 1 N–H and O–H groups in total. The molecule has 0 spiro atoms. The Kier molecular flexibility index (Phi) is 4.89. The van der Waals surface area contributed by atoms with Crippen LogP contribution in [-0.2, 0) is 14.4 Å². The Labute approximate surface area is 170 Å². The van der Waals surface area contributed by atoms with Gasteiger partial charge in [-0.15, -0.1) is 0 Å². The lowest BCUT2D eigenvalue weighted by atomic mass is 10.1. The van der Waals surface area contributed by atoms with Gasteiger partial charge in [0.15, 0.2) is 12.1 Å². The minimum absolute atomic E-state index is 0.232. The van der Waals surface area contributed by atoms with Crippen molar-refractivity contribution in [2.24, 2.45) is 10.3 Å². The van der Waals surface area contributed by atoms with Gasteiger partial charge in [-0.25, -0.2) is 4.90 Å². The molecule has 2 atom stereocenters. The van der Waals surface area contributed by atoms with Crippen molar-refractivity contribution in [3.63, 3.8) is 0 Å². The zero-order chi connectivity index (χ0) is 20.5. The lowest BCUT2D eigenvalue weighted by molar-refractivity contribution is -0.123. The Morgan fingerprint density at radius 2 is 1.97 bits per heavy atom. The number of imide groups is 1. The Morgan fingerprint density at radius 3 is 2.72 bits per heavy atom. The zero-order valence-corrected chi connectivity index (χ0v) is 16.0. The molecule has 2 aromatic carbocycles. The quantitative estimate of drug-likeness (QED) is 0.757. The number of hydrogen-bond donors (Lipinski definition) is 1. The Hall–Kier alpha value is -3.46. The molecule has 0 aromatic heterocycles. The predicted molar refractivity (Wildman–Crippen MR) is 105 cm³/mol. The fraction of sp³-hybridized carbons (Fsp3) is 0.211. The topological polar surface area (TPSA) is 104 Å². The molecule has 0 aliphatic carbocycles. The molecule has 10 heteroatoms. The molecule has 29 heavy (non-hydrogen) atoms. The molecule has 148 valence electrons.